The summed E-state index contributed by atoms with van der Waals surface area (Å²) in [5.74, 6) is 0. The topological polar surface area (TPSA) is 15.3 Å². The maximum absolute atomic E-state index is 5.31. The molecule has 0 fully saturated rings. The second-order valence-corrected chi connectivity index (χ2v) is 6.80. The van der Waals surface area contributed by atoms with Gasteiger partial charge in [0.1, 0.15) is 0 Å². The molecule has 0 aromatic heterocycles. The lowest BCUT2D eigenvalue weighted by atomic mass is 9.90. The van der Waals surface area contributed by atoms with Crippen molar-refractivity contribution in [2.24, 2.45) is 5.41 Å². The van der Waals surface area contributed by atoms with Crippen LogP contribution in [0.5, 0.6) is 0 Å². The van der Waals surface area contributed by atoms with Gasteiger partial charge < -0.3 is 10.2 Å². The summed E-state index contributed by atoms with van der Waals surface area (Å²) < 4.78 is 1.67. The highest BCUT2D eigenvalue weighted by molar-refractivity contribution is 7.74. The van der Waals surface area contributed by atoms with Gasteiger partial charge in [0.25, 0.3) is 0 Å². The van der Waals surface area contributed by atoms with Gasteiger partial charge in [-0.05, 0) is 25.2 Å². The van der Waals surface area contributed by atoms with Gasteiger partial charge in [-0.2, -0.15) is 0 Å². The molecule has 0 aliphatic heterocycles. The molecule has 1 aromatic rings. The fraction of sp³-hybridized carbons (Fsp3) is 0.714. The quantitative estimate of drug-likeness (QED) is 0.600. The van der Waals surface area contributed by atoms with E-state index in [1.165, 1.54) is 6.42 Å². The Bertz CT molecular complexity index is 465. The Hall–Kier alpha value is -0.480. The maximum Gasteiger partial charge on any atom is 0.0834 e. The molecule has 2 nitrogen and oxygen atoms in total. The van der Waals surface area contributed by atoms with Gasteiger partial charge in [-0.15, -0.1) is 0 Å². The molecule has 0 spiro atoms. The van der Waals surface area contributed by atoms with E-state index >= 15 is 0 Å². The summed E-state index contributed by atoms with van der Waals surface area (Å²) in [6.45, 7) is 10.8. The van der Waals surface area contributed by atoms with E-state index in [0.717, 1.165) is 39.9 Å². The van der Waals surface area contributed by atoms with E-state index in [0.29, 0.717) is 5.41 Å². The third-order valence-corrected chi connectivity index (χ3v) is 4.08. The Balaban J connectivity index is 2.56. The Morgan fingerprint density at radius 2 is 1.78 bits per heavy atom. The molecular weight excluding hydrogens is 260 g/mol. The zero-order valence-corrected chi connectivity index (χ0v) is 13.7. The molecule has 0 amide bonds. The van der Waals surface area contributed by atoms with Gasteiger partial charge in [-0.25, -0.2) is 0 Å². The number of nitrogens with one attached hydrogen (secondary N) is 1. The molecule has 0 atom stereocenters. The predicted octanol–water partition coefficient (Wildman–Crippen LogP) is 4.72. The molecule has 102 valence electrons. The highest BCUT2D eigenvalue weighted by Crippen LogP contribution is 2.35. The molecule has 0 heterocycles. The standard InChI is InChI=1S/C14H24N2S2/c1-6-16(5)11-10(12(17)13(11)18)15-9-7-8-14(2,3)4/h15H,6-9H2,1-5H3. The number of hydrogen-bond acceptors (Lipinski definition) is 4. The van der Waals surface area contributed by atoms with Gasteiger partial charge in [0, 0.05) is 20.1 Å². The normalized spacial score (nSPS) is 11.8. The number of rotatable bonds is 6. The molecule has 1 aromatic carbocycles. The van der Waals surface area contributed by atoms with Crippen LogP contribution < -0.4 is 10.2 Å². The zero-order chi connectivity index (χ0) is 13.9. The first-order valence-electron chi connectivity index (χ1n) is 6.56. The van der Waals surface area contributed by atoms with Crippen molar-refractivity contribution in [3.05, 3.63) is 9.02 Å². The van der Waals surface area contributed by atoms with Crippen LogP contribution in [-0.2, 0) is 0 Å². The van der Waals surface area contributed by atoms with Crippen LogP contribution >= 0.6 is 24.4 Å². The molecule has 0 bridgehead atoms. The molecule has 0 aliphatic carbocycles. The smallest absolute Gasteiger partial charge is 0.0834 e. The van der Waals surface area contributed by atoms with Crippen molar-refractivity contribution in [2.45, 2.75) is 40.5 Å². The van der Waals surface area contributed by atoms with E-state index in [1.807, 2.05) is 0 Å². The van der Waals surface area contributed by atoms with Crippen molar-refractivity contribution in [1.29, 1.82) is 0 Å². The van der Waals surface area contributed by atoms with E-state index in [9.17, 15) is 0 Å². The zero-order valence-electron chi connectivity index (χ0n) is 12.1. The first-order valence-corrected chi connectivity index (χ1v) is 7.38. The maximum atomic E-state index is 5.31. The monoisotopic (exact) mass is 284 g/mol. The van der Waals surface area contributed by atoms with Crippen molar-refractivity contribution >= 4 is 35.8 Å². The second kappa shape index (κ2) is 6.11. The predicted molar refractivity (Wildman–Crippen MR) is 86.6 cm³/mol. The van der Waals surface area contributed by atoms with Gasteiger partial charge in [0.15, 0.2) is 0 Å². The Labute approximate surface area is 121 Å². The summed E-state index contributed by atoms with van der Waals surface area (Å²) in [6, 6.07) is 0. The van der Waals surface area contributed by atoms with E-state index in [2.05, 4.69) is 45.0 Å². The van der Waals surface area contributed by atoms with Crippen molar-refractivity contribution in [2.75, 3.05) is 30.4 Å². The van der Waals surface area contributed by atoms with Crippen LogP contribution in [0, 0.1) is 14.4 Å². The van der Waals surface area contributed by atoms with Crippen molar-refractivity contribution < 1.29 is 0 Å². The lowest BCUT2D eigenvalue weighted by Crippen LogP contribution is -2.21. The van der Waals surface area contributed by atoms with E-state index in [4.69, 9.17) is 24.4 Å². The summed E-state index contributed by atoms with van der Waals surface area (Å²) >= 11 is 10.6. The lowest BCUT2D eigenvalue weighted by Gasteiger charge is -2.25. The molecule has 0 saturated carbocycles. The molecule has 0 saturated heterocycles. The average Bonchev–Trinajstić information content (AvgIpc) is 2.29. The molecule has 1 rings (SSSR count). The lowest BCUT2D eigenvalue weighted by molar-refractivity contribution is 0.370. The Morgan fingerprint density at radius 3 is 2.28 bits per heavy atom. The van der Waals surface area contributed by atoms with E-state index < -0.39 is 0 Å². The first-order chi connectivity index (χ1) is 8.28. The summed E-state index contributed by atoms with van der Waals surface area (Å²) in [6.07, 6.45) is 2.37. The third kappa shape index (κ3) is 3.75. The molecular formula is C14H24N2S2. The second-order valence-electron chi connectivity index (χ2n) is 5.99. The van der Waals surface area contributed by atoms with Crippen LogP contribution in [0.25, 0.3) is 0 Å². The Kier molecular flexibility index (Phi) is 5.29. The van der Waals surface area contributed by atoms with E-state index in [-0.39, 0.29) is 0 Å². The van der Waals surface area contributed by atoms with Gasteiger partial charge in [0.2, 0.25) is 0 Å². The first kappa shape index (κ1) is 15.6. The molecule has 0 radical (unpaired) electrons. The molecule has 4 heteroatoms. The van der Waals surface area contributed by atoms with Crippen molar-refractivity contribution in [1.82, 2.24) is 0 Å². The van der Waals surface area contributed by atoms with Crippen LogP contribution in [0.3, 0.4) is 0 Å². The minimum Gasteiger partial charge on any atom is -0.382 e. The van der Waals surface area contributed by atoms with Crippen molar-refractivity contribution in [3.63, 3.8) is 0 Å². The van der Waals surface area contributed by atoms with Gasteiger partial charge in [-0.3, -0.25) is 0 Å². The SMILES string of the molecule is CCN(C)c1c(NCCCC(C)(C)C)c(=S)c1=S. The molecule has 18 heavy (non-hydrogen) atoms. The summed E-state index contributed by atoms with van der Waals surface area (Å²) in [7, 11) is 2.06. The summed E-state index contributed by atoms with van der Waals surface area (Å²) in [4.78, 5) is 2.16. The van der Waals surface area contributed by atoms with Gasteiger partial charge in [-0.1, -0.05) is 45.2 Å². The Morgan fingerprint density at radius 1 is 1.17 bits per heavy atom. The number of nitrogens with zero attached hydrogens (tertiary/aromatic N) is 1. The number of anilines is 2. The third-order valence-electron chi connectivity index (χ3n) is 3.15. The van der Waals surface area contributed by atoms with Gasteiger partial charge in [0.05, 0.1) is 20.4 Å². The fourth-order valence-corrected chi connectivity index (χ4v) is 2.52. The van der Waals surface area contributed by atoms with Crippen molar-refractivity contribution in [3.8, 4) is 0 Å². The minimum atomic E-state index is 0.397. The summed E-state index contributed by atoms with van der Waals surface area (Å²) in [5, 5.41) is 3.45. The largest absolute Gasteiger partial charge is 0.382 e. The molecule has 0 aliphatic rings. The highest BCUT2D eigenvalue weighted by atomic mass is 32.1. The summed E-state index contributed by atoms with van der Waals surface area (Å²) in [5.41, 5.74) is 2.59. The average molecular weight is 284 g/mol. The van der Waals surface area contributed by atoms with Crippen LogP contribution in [0.2, 0.25) is 0 Å². The van der Waals surface area contributed by atoms with Crippen LogP contribution in [0.15, 0.2) is 0 Å². The number of hydrogen-bond donors (Lipinski definition) is 1. The van der Waals surface area contributed by atoms with Crippen LogP contribution in [0.1, 0.15) is 40.5 Å². The fourth-order valence-electron chi connectivity index (χ4n) is 1.90. The van der Waals surface area contributed by atoms with Crippen LogP contribution in [-0.4, -0.2) is 20.1 Å². The van der Waals surface area contributed by atoms with Gasteiger partial charge >= 0.3 is 0 Å². The minimum absolute atomic E-state index is 0.397. The van der Waals surface area contributed by atoms with Crippen LogP contribution in [0.4, 0.5) is 11.4 Å². The highest BCUT2D eigenvalue weighted by Gasteiger charge is 2.17. The molecule has 1 N–H and O–H groups in total. The molecule has 0 unspecified atom stereocenters. The van der Waals surface area contributed by atoms with E-state index in [1.54, 1.807) is 0 Å².